The highest BCUT2D eigenvalue weighted by Gasteiger charge is 2.22. The van der Waals surface area contributed by atoms with Crippen molar-refractivity contribution in [1.29, 1.82) is 0 Å². The average molecular weight is 338 g/mol. The normalized spacial score (nSPS) is 13.7. The maximum Gasteiger partial charge on any atom is 0.410 e. The van der Waals surface area contributed by atoms with Crippen LogP contribution in [-0.4, -0.2) is 76.4 Å². The lowest BCUT2D eigenvalue weighted by atomic mass is 10.2. The smallest absolute Gasteiger partial charge is 0.410 e. The van der Waals surface area contributed by atoms with Crippen molar-refractivity contribution in [3.05, 3.63) is 0 Å². The molecule has 0 aliphatic rings. The van der Waals surface area contributed by atoms with Gasteiger partial charge in [0.2, 0.25) is 0 Å². The van der Waals surface area contributed by atoms with E-state index in [1.165, 1.54) is 6.26 Å². The molecule has 0 aromatic carbocycles. The third-order valence-corrected chi connectivity index (χ3v) is 3.75. The van der Waals surface area contributed by atoms with Gasteiger partial charge in [0.15, 0.2) is 0 Å². The predicted octanol–water partition coefficient (Wildman–Crippen LogP) is 0.893. The maximum absolute atomic E-state index is 12.1. The van der Waals surface area contributed by atoms with Gasteiger partial charge in [-0.05, 0) is 27.7 Å². The lowest BCUT2D eigenvalue weighted by molar-refractivity contribution is 0.0203. The molecule has 1 unspecified atom stereocenters. The van der Waals surface area contributed by atoms with Crippen LogP contribution in [0.15, 0.2) is 0 Å². The molecule has 0 aliphatic heterocycles. The van der Waals surface area contributed by atoms with Crippen molar-refractivity contribution < 1.29 is 22.7 Å². The summed E-state index contributed by atoms with van der Waals surface area (Å²) in [6.07, 6.45) is 0.804. The fraction of sp³-hybridized carbons (Fsp3) is 0.929. The Kier molecular flexibility index (Phi) is 8.95. The summed E-state index contributed by atoms with van der Waals surface area (Å²) in [5.41, 5.74) is -0.556. The Hall–Kier alpha value is -0.860. The second-order valence-corrected chi connectivity index (χ2v) is 8.59. The molecule has 0 bridgehead atoms. The zero-order chi connectivity index (χ0) is 17.4. The summed E-state index contributed by atoms with van der Waals surface area (Å²) in [5, 5.41) is 3.09. The summed E-state index contributed by atoms with van der Waals surface area (Å²) < 4.78 is 32.7. The first-order valence-electron chi connectivity index (χ1n) is 7.32. The van der Waals surface area contributed by atoms with Gasteiger partial charge in [0.05, 0.1) is 12.4 Å². The third-order valence-electron chi connectivity index (χ3n) is 2.64. The molecule has 0 heterocycles. The first-order valence-corrected chi connectivity index (χ1v) is 9.38. The van der Waals surface area contributed by atoms with Gasteiger partial charge in [-0.2, -0.15) is 0 Å². The Morgan fingerprint density at radius 3 is 2.32 bits per heavy atom. The third kappa shape index (κ3) is 11.8. The van der Waals surface area contributed by atoms with E-state index in [-0.39, 0.29) is 11.8 Å². The Balaban J connectivity index is 4.39. The standard InChI is InChI=1S/C14H30N2O5S/c1-12(11-22(6,18)19)15-7-8-16(9-10-20-5)13(17)21-14(2,3)4/h12,15H,7-11H2,1-6H3. The van der Waals surface area contributed by atoms with Crippen molar-refractivity contribution in [1.82, 2.24) is 10.2 Å². The number of sulfone groups is 1. The van der Waals surface area contributed by atoms with Crippen LogP contribution in [0.4, 0.5) is 4.79 Å². The highest BCUT2D eigenvalue weighted by molar-refractivity contribution is 7.90. The van der Waals surface area contributed by atoms with Crippen LogP contribution in [0.25, 0.3) is 0 Å². The number of nitrogens with one attached hydrogen (secondary N) is 1. The topological polar surface area (TPSA) is 84.9 Å². The van der Waals surface area contributed by atoms with Gasteiger partial charge in [-0.1, -0.05) is 0 Å². The molecule has 0 aromatic rings. The molecular formula is C14H30N2O5S. The largest absolute Gasteiger partial charge is 0.444 e. The van der Waals surface area contributed by atoms with Crippen LogP contribution in [0.5, 0.6) is 0 Å². The monoisotopic (exact) mass is 338 g/mol. The van der Waals surface area contributed by atoms with Gasteiger partial charge in [-0.25, -0.2) is 13.2 Å². The van der Waals surface area contributed by atoms with Gasteiger partial charge in [-0.15, -0.1) is 0 Å². The van der Waals surface area contributed by atoms with Gasteiger partial charge >= 0.3 is 6.09 Å². The lowest BCUT2D eigenvalue weighted by Crippen LogP contribution is -2.44. The molecule has 0 saturated carbocycles. The molecule has 0 aliphatic carbocycles. The van der Waals surface area contributed by atoms with Gasteiger partial charge in [0.1, 0.15) is 15.4 Å². The molecule has 0 rings (SSSR count). The van der Waals surface area contributed by atoms with E-state index in [0.717, 1.165) is 0 Å². The highest BCUT2D eigenvalue weighted by atomic mass is 32.2. The van der Waals surface area contributed by atoms with E-state index in [1.807, 2.05) is 20.8 Å². The van der Waals surface area contributed by atoms with Crippen LogP contribution in [0.3, 0.4) is 0 Å². The van der Waals surface area contributed by atoms with Crippen molar-refractivity contribution in [2.75, 3.05) is 45.4 Å². The van der Waals surface area contributed by atoms with Crippen LogP contribution < -0.4 is 5.32 Å². The average Bonchev–Trinajstić information content (AvgIpc) is 2.28. The highest BCUT2D eigenvalue weighted by Crippen LogP contribution is 2.09. The summed E-state index contributed by atoms with van der Waals surface area (Å²) in [6, 6.07) is -0.169. The number of carbonyl (C=O) groups is 1. The molecular weight excluding hydrogens is 308 g/mol. The quantitative estimate of drug-likeness (QED) is 0.672. The molecule has 0 spiro atoms. The Labute approximate surface area is 134 Å². The molecule has 0 aromatic heterocycles. The van der Waals surface area contributed by atoms with E-state index in [0.29, 0.717) is 26.2 Å². The number of rotatable bonds is 9. The number of carbonyl (C=O) groups excluding carboxylic acids is 1. The second-order valence-electron chi connectivity index (χ2n) is 6.41. The van der Waals surface area contributed by atoms with Crippen LogP contribution in [0.2, 0.25) is 0 Å². The zero-order valence-corrected chi connectivity index (χ0v) is 15.3. The fourth-order valence-corrected chi connectivity index (χ4v) is 2.81. The Morgan fingerprint density at radius 2 is 1.86 bits per heavy atom. The Morgan fingerprint density at radius 1 is 1.27 bits per heavy atom. The summed E-state index contributed by atoms with van der Waals surface area (Å²) in [4.78, 5) is 13.6. The minimum Gasteiger partial charge on any atom is -0.444 e. The maximum atomic E-state index is 12.1. The van der Waals surface area contributed by atoms with E-state index in [9.17, 15) is 13.2 Å². The number of hydrogen-bond acceptors (Lipinski definition) is 6. The first kappa shape index (κ1) is 21.1. The van der Waals surface area contributed by atoms with Crippen LogP contribution in [0, 0.1) is 0 Å². The van der Waals surface area contributed by atoms with Gasteiger partial charge in [0, 0.05) is 39.0 Å². The van der Waals surface area contributed by atoms with Gasteiger partial charge in [-0.3, -0.25) is 0 Å². The van der Waals surface area contributed by atoms with E-state index in [1.54, 1.807) is 18.9 Å². The summed E-state index contributed by atoms with van der Waals surface area (Å²) in [6.45, 7) is 8.98. The second kappa shape index (κ2) is 9.32. The number of methoxy groups -OCH3 is 1. The van der Waals surface area contributed by atoms with E-state index in [2.05, 4.69) is 5.32 Å². The Bertz CT molecular complexity index is 431. The number of nitrogens with zero attached hydrogens (tertiary/aromatic N) is 1. The summed E-state index contributed by atoms with van der Waals surface area (Å²) >= 11 is 0. The molecule has 1 amide bonds. The predicted molar refractivity (Wildman–Crippen MR) is 86.9 cm³/mol. The molecule has 1 N–H and O–H groups in total. The first-order chi connectivity index (χ1) is 9.94. The van der Waals surface area contributed by atoms with Crippen LogP contribution >= 0.6 is 0 Å². The van der Waals surface area contributed by atoms with Crippen molar-refractivity contribution in [3.63, 3.8) is 0 Å². The molecule has 8 heteroatoms. The minimum atomic E-state index is -3.02. The molecule has 0 saturated heterocycles. The molecule has 0 fully saturated rings. The van der Waals surface area contributed by atoms with E-state index in [4.69, 9.17) is 9.47 Å². The fourth-order valence-electron chi connectivity index (χ4n) is 1.78. The zero-order valence-electron chi connectivity index (χ0n) is 14.5. The number of hydrogen-bond donors (Lipinski definition) is 1. The van der Waals surface area contributed by atoms with Gasteiger partial charge < -0.3 is 19.7 Å². The van der Waals surface area contributed by atoms with E-state index < -0.39 is 21.5 Å². The molecule has 1 atom stereocenters. The van der Waals surface area contributed by atoms with Crippen molar-refractivity contribution >= 4 is 15.9 Å². The number of ether oxygens (including phenoxy) is 2. The molecule has 0 radical (unpaired) electrons. The molecule has 22 heavy (non-hydrogen) atoms. The lowest BCUT2D eigenvalue weighted by Gasteiger charge is -2.27. The number of amides is 1. The van der Waals surface area contributed by atoms with Crippen LogP contribution in [-0.2, 0) is 19.3 Å². The molecule has 7 nitrogen and oxygen atoms in total. The summed E-state index contributed by atoms with van der Waals surface area (Å²) in [5.74, 6) is 0.0670. The van der Waals surface area contributed by atoms with Crippen molar-refractivity contribution in [2.45, 2.75) is 39.3 Å². The van der Waals surface area contributed by atoms with E-state index >= 15 is 0 Å². The summed E-state index contributed by atoms with van der Waals surface area (Å²) in [7, 11) is -1.45. The molecule has 132 valence electrons. The van der Waals surface area contributed by atoms with Gasteiger partial charge in [0.25, 0.3) is 0 Å². The van der Waals surface area contributed by atoms with Crippen molar-refractivity contribution in [2.24, 2.45) is 0 Å². The SMILES string of the molecule is COCCN(CCNC(C)CS(C)(=O)=O)C(=O)OC(C)(C)C. The minimum absolute atomic E-state index is 0.0670. The van der Waals surface area contributed by atoms with Crippen molar-refractivity contribution in [3.8, 4) is 0 Å². The van der Waals surface area contributed by atoms with Crippen LogP contribution in [0.1, 0.15) is 27.7 Å².